The fourth-order valence-electron chi connectivity index (χ4n) is 1.98. The molecule has 1 amide bonds. The topological polar surface area (TPSA) is 57.8 Å². The summed E-state index contributed by atoms with van der Waals surface area (Å²) < 4.78 is 1.11. The molecule has 0 unspecified atom stereocenters. The standard InChI is InChI=1S/C16H11ClIN3O/c17-13-4-2-1-3-12(13)14-9-15(21-20-14)16(22)19-11-7-5-10(18)6-8-11/h1-9H,(H,19,22)(H,20,21). The summed E-state index contributed by atoms with van der Waals surface area (Å²) in [5.41, 5.74) is 2.54. The zero-order valence-electron chi connectivity index (χ0n) is 11.3. The number of nitrogens with one attached hydrogen (secondary N) is 2. The first kappa shape index (κ1) is 15.1. The predicted molar refractivity (Wildman–Crippen MR) is 96.1 cm³/mol. The highest BCUT2D eigenvalue weighted by Gasteiger charge is 2.12. The second kappa shape index (κ2) is 6.50. The van der Waals surface area contributed by atoms with E-state index in [2.05, 4.69) is 38.1 Å². The normalized spacial score (nSPS) is 10.5. The van der Waals surface area contributed by atoms with Crippen molar-refractivity contribution in [1.82, 2.24) is 10.2 Å². The molecule has 6 heteroatoms. The van der Waals surface area contributed by atoms with Crippen LogP contribution in [0.5, 0.6) is 0 Å². The molecule has 3 rings (SSSR count). The summed E-state index contributed by atoms with van der Waals surface area (Å²) in [6.07, 6.45) is 0. The molecule has 0 aliphatic rings. The maximum absolute atomic E-state index is 12.2. The number of H-pyrrole nitrogens is 1. The SMILES string of the molecule is O=C(Nc1ccc(I)cc1)c1cc(-c2ccccc2Cl)n[nH]1. The number of hydrogen-bond acceptors (Lipinski definition) is 2. The Balaban J connectivity index is 1.80. The summed E-state index contributed by atoms with van der Waals surface area (Å²) in [7, 11) is 0. The van der Waals surface area contributed by atoms with E-state index in [-0.39, 0.29) is 5.91 Å². The van der Waals surface area contributed by atoms with Crippen molar-refractivity contribution in [2.24, 2.45) is 0 Å². The third kappa shape index (κ3) is 3.31. The quantitative estimate of drug-likeness (QED) is 0.606. The van der Waals surface area contributed by atoms with Gasteiger partial charge in [-0.2, -0.15) is 5.10 Å². The largest absolute Gasteiger partial charge is 0.321 e. The van der Waals surface area contributed by atoms with Gasteiger partial charge in [0.25, 0.3) is 5.91 Å². The lowest BCUT2D eigenvalue weighted by Gasteiger charge is -2.03. The molecule has 0 aliphatic heterocycles. The Bertz CT molecular complexity index is 814. The molecule has 0 saturated carbocycles. The van der Waals surface area contributed by atoms with Crippen LogP contribution in [0.3, 0.4) is 0 Å². The van der Waals surface area contributed by atoms with Crippen LogP contribution in [0.15, 0.2) is 54.6 Å². The molecule has 0 radical (unpaired) electrons. The molecule has 0 fully saturated rings. The zero-order valence-corrected chi connectivity index (χ0v) is 14.2. The molecule has 1 heterocycles. The molecule has 2 aromatic carbocycles. The number of rotatable bonds is 3. The Hall–Kier alpha value is -1.86. The van der Waals surface area contributed by atoms with Crippen molar-refractivity contribution in [3.63, 3.8) is 0 Å². The number of aromatic amines is 1. The lowest BCUT2D eigenvalue weighted by atomic mass is 10.1. The molecule has 2 N–H and O–H groups in total. The van der Waals surface area contributed by atoms with E-state index in [4.69, 9.17) is 11.6 Å². The Labute approximate surface area is 146 Å². The van der Waals surface area contributed by atoms with Crippen LogP contribution in [0, 0.1) is 3.57 Å². The van der Waals surface area contributed by atoms with Crippen molar-refractivity contribution in [3.8, 4) is 11.3 Å². The van der Waals surface area contributed by atoms with Crippen LogP contribution in [0.2, 0.25) is 5.02 Å². The van der Waals surface area contributed by atoms with Crippen molar-refractivity contribution in [2.45, 2.75) is 0 Å². The smallest absolute Gasteiger partial charge is 0.273 e. The van der Waals surface area contributed by atoms with E-state index in [9.17, 15) is 4.79 Å². The van der Waals surface area contributed by atoms with Crippen molar-refractivity contribution in [3.05, 3.63) is 68.9 Å². The third-order valence-electron chi connectivity index (χ3n) is 3.07. The highest BCUT2D eigenvalue weighted by molar-refractivity contribution is 14.1. The van der Waals surface area contributed by atoms with Gasteiger partial charge in [0, 0.05) is 14.8 Å². The maximum atomic E-state index is 12.2. The van der Waals surface area contributed by atoms with Gasteiger partial charge in [-0.05, 0) is 59.0 Å². The van der Waals surface area contributed by atoms with Gasteiger partial charge in [-0.3, -0.25) is 9.89 Å². The maximum Gasteiger partial charge on any atom is 0.273 e. The first-order valence-corrected chi connectivity index (χ1v) is 7.96. The highest BCUT2D eigenvalue weighted by atomic mass is 127. The Morgan fingerprint density at radius 2 is 1.86 bits per heavy atom. The van der Waals surface area contributed by atoms with Crippen LogP contribution in [0.4, 0.5) is 5.69 Å². The summed E-state index contributed by atoms with van der Waals surface area (Å²) >= 11 is 8.35. The number of amides is 1. The molecule has 0 aliphatic carbocycles. The predicted octanol–water partition coefficient (Wildman–Crippen LogP) is 4.59. The van der Waals surface area contributed by atoms with Crippen molar-refractivity contribution < 1.29 is 4.79 Å². The molecular formula is C16H11ClIN3O. The summed E-state index contributed by atoms with van der Waals surface area (Å²) in [6.45, 7) is 0. The number of aromatic nitrogens is 2. The lowest BCUT2D eigenvalue weighted by Crippen LogP contribution is -2.12. The first-order chi connectivity index (χ1) is 10.6. The van der Waals surface area contributed by atoms with Crippen LogP contribution in [0.1, 0.15) is 10.5 Å². The minimum absolute atomic E-state index is 0.244. The van der Waals surface area contributed by atoms with Gasteiger partial charge in [0.15, 0.2) is 0 Å². The van der Waals surface area contributed by atoms with Crippen molar-refractivity contribution in [2.75, 3.05) is 5.32 Å². The van der Waals surface area contributed by atoms with Gasteiger partial charge < -0.3 is 5.32 Å². The Kier molecular flexibility index (Phi) is 4.44. The number of benzene rings is 2. The Morgan fingerprint density at radius 1 is 1.14 bits per heavy atom. The molecular weight excluding hydrogens is 413 g/mol. The number of carbonyl (C=O) groups excluding carboxylic acids is 1. The van der Waals surface area contributed by atoms with Crippen molar-refractivity contribution >= 4 is 45.8 Å². The van der Waals surface area contributed by atoms with Gasteiger partial charge in [0.2, 0.25) is 0 Å². The van der Waals surface area contributed by atoms with Gasteiger partial charge in [-0.15, -0.1) is 0 Å². The number of nitrogens with zero attached hydrogens (tertiary/aromatic N) is 1. The van der Waals surface area contributed by atoms with Gasteiger partial charge in [0.1, 0.15) is 5.69 Å². The summed E-state index contributed by atoms with van der Waals surface area (Å²) in [4.78, 5) is 12.2. The van der Waals surface area contributed by atoms with Crippen LogP contribution in [-0.2, 0) is 0 Å². The molecule has 1 aromatic heterocycles. The molecule has 0 saturated heterocycles. The molecule has 110 valence electrons. The van der Waals surface area contributed by atoms with E-state index < -0.39 is 0 Å². The highest BCUT2D eigenvalue weighted by Crippen LogP contribution is 2.26. The molecule has 4 nitrogen and oxygen atoms in total. The van der Waals surface area contributed by atoms with E-state index in [1.807, 2.05) is 42.5 Å². The van der Waals surface area contributed by atoms with Crippen LogP contribution in [-0.4, -0.2) is 16.1 Å². The third-order valence-corrected chi connectivity index (χ3v) is 4.12. The van der Waals surface area contributed by atoms with E-state index in [1.165, 1.54) is 0 Å². The lowest BCUT2D eigenvalue weighted by molar-refractivity contribution is 0.102. The van der Waals surface area contributed by atoms with Crippen LogP contribution >= 0.6 is 34.2 Å². The average Bonchev–Trinajstić information content (AvgIpc) is 3.00. The van der Waals surface area contributed by atoms with E-state index in [1.54, 1.807) is 12.1 Å². The molecule has 0 atom stereocenters. The number of anilines is 1. The zero-order chi connectivity index (χ0) is 15.5. The second-order valence-corrected chi connectivity index (χ2v) is 6.26. The van der Waals surface area contributed by atoms with Gasteiger partial charge in [-0.25, -0.2) is 0 Å². The van der Waals surface area contributed by atoms with E-state index in [0.717, 1.165) is 14.8 Å². The van der Waals surface area contributed by atoms with Gasteiger partial charge in [-0.1, -0.05) is 29.8 Å². The van der Waals surface area contributed by atoms with Crippen molar-refractivity contribution in [1.29, 1.82) is 0 Å². The Morgan fingerprint density at radius 3 is 2.59 bits per heavy atom. The molecule has 0 spiro atoms. The molecule has 3 aromatic rings. The monoisotopic (exact) mass is 423 g/mol. The van der Waals surface area contributed by atoms with Gasteiger partial charge >= 0.3 is 0 Å². The van der Waals surface area contributed by atoms with Gasteiger partial charge in [0.05, 0.1) is 10.7 Å². The molecule has 22 heavy (non-hydrogen) atoms. The summed E-state index contributed by atoms with van der Waals surface area (Å²) in [5, 5.41) is 10.3. The fourth-order valence-corrected chi connectivity index (χ4v) is 2.57. The number of hydrogen-bond donors (Lipinski definition) is 2. The summed E-state index contributed by atoms with van der Waals surface area (Å²) in [5.74, 6) is -0.244. The van der Waals surface area contributed by atoms with E-state index in [0.29, 0.717) is 16.4 Å². The first-order valence-electron chi connectivity index (χ1n) is 6.51. The van der Waals surface area contributed by atoms with Crippen LogP contribution in [0.25, 0.3) is 11.3 Å². The van der Waals surface area contributed by atoms with E-state index >= 15 is 0 Å². The number of halogens is 2. The second-order valence-electron chi connectivity index (χ2n) is 4.61. The molecule has 0 bridgehead atoms. The minimum atomic E-state index is -0.244. The number of carbonyl (C=O) groups is 1. The average molecular weight is 424 g/mol. The van der Waals surface area contributed by atoms with Crippen LogP contribution < -0.4 is 5.32 Å². The summed E-state index contributed by atoms with van der Waals surface area (Å²) in [6, 6.07) is 16.6. The minimum Gasteiger partial charge on any atom is -0.321 e. The fraction of sp³-hybridized carbons (Fsp3) is 0.